The summed E-state index contributed by atoms with van der Waals surface area (Å²) < 4.78 is 31.1. The summed E-state index contributed by atoms with van der Waals surface area (Å²) in [5, 5.41) is 26.4. The first-order valence-corrected chi connectivity index (χ1v) is 12.1. The fourth-order valence-electron chi connectivity index (χ4n) is 4.76. The minimum absolute atomic E-state index is 0.0159. The van der Waals surface area contributed by atoms with Crippen LogP contribution in [0.3, 0.4) is 0 Å². The SMILES string of the molecule is Cc1cc([C@@H](C)Nc2ccc(F)cc2C#N)c2c(F)c(N(CO)CCNC3CCC3)n(C)c(=O)c2c1. The normalized spacial score (nSPS) is 14.4. The van der Waals surface area contributed by atoms with Crippen LogP contribution in [0.5, 0.6) is 0 Å². The number of pyridine rings is 1. The molecule has 1 aromatic heterocycles. The smallest absolute Gasteiger partial charge is 0.259 e. The van der Waals surface area contributed by atoms with E-state index in [-0.39, 0.29) is 27.7 Å². The molecule has 1 aliphatic carbocycles. The Morgan fingerprint density at radius 2 is 2.03 bits per heavy atom. The maximum atomic E-state index is 16.2. The van der Waals surface area contributed by atoms with Crippen LogP contribution in [0, 0.1) is 29.9 Å². The number of nitrogens with zero attached hydrogens (tertiary/aromatic N) is 3. The number of aromatic nitrogens is 1. The molecule has 1 heterocycles. The molecule has 9 heteroatoms. The fourth-order valence-corrected chi connectivity index (χ4v) is 4.76. The minimum Gasteiger partial charge on any atom is -0.377 e. The largest absolute Gasteiger partial charge is 0.377 e. The molecule has 4 rings (SSSR count). The van der Waals surface area contributed by atoms with E-state index < -0.39 is 24.4 Å². The number of aryl methyl sites for hydroxylation is 1. The molecule has 2 aromatic carbocycles. The first kappa shape index (κ1) is 25.6. The Morgan fingerprint density at radius 3 is 2.67 bits per heavy atom. The number of anilines is 2. The number of fused-ring (bicyclic) bond motifs is 1. The van der Waals surface area contributed by atoms with Gasteiger partial charge in [-0.25, -0.2) is 8.78 Å². The van der Waals surface area contributed by atoms with Crippen molar-refractivity contribution < 1.29 is 13.9 Å². The molecule has 36 heavy (non-hydrogen) atoms. The van der Waals surface area contributed by atoms with Gasteiger partial charge in [-0.1, -0.05) is 12.5 Å². The Balaban J connectivity index is 1.77. The highest BCUT2D eigenvalue weighted by Gasteiger charge is 2.25. The van der Waals surface area contributed by atoms with E-state index in [9.17, 15) is 19.6 Å². The van der Waals surface area contributed by atoms with Crippen LogP contribution in [0.25, 0.3) is 10.8 Å². The zero-order valence-electron chi connectivity index (χ0n) is 20.7. The Labute approximate surface area is 209 Å². The number of nitrogens with one attached hydrogen (secondary N) is 2. The number of benzene rings is 2. The Morgan fingerprint density at radius 1 is 1.28 bits per heavy atom. The van der Waals surface area contributed by atoms with Crippen LogP contribution < -0.4 is 21.1 Å². The van der Waals surface area contributed by atoms with Crippen molar-refractivity contribution in [3.05, 3.63) is 69.0 Å². The molecule has 0 saturated heterocycles. The summed E-state index contributed by atoms with van der Waals surface area (Å²) in [5.74, 6) is -1.11. The van der Waals surface area contributed by atoms with Gasteiger partial charge in [0, 0.05) is 37.6 Å². The van der Waals surface area contributed by atoms with E-state index in [1.165, 1.54) is 35.1 Å². The van der Waals surface area contributed by atoms with Gasteiger partial charge < -0.3 is 20.6 Å². The second kappa shape index (κ2) is 10.6. The van der Waals surface area contributed by atoms with E-state index >= 15 is 4.39 Å². The first-order chi connectivity index (χ1) is 17.2. The summed E-state index contributed by atoms with van der Waals surface area (Å²) in [7, 11) is 1.50. The number of hydrogen-bond acceptors (Lipinski definition) is 6. The molecule has 0 amide bonds. The van der Waals surface area contributed by atoms with Gasteiger partial charge in [-0.3, -0.25) is 9.36 Å². The maximum absolute atomic E-state index is 16.2. The zero-order chi connectivity index (χ0) is 26.0. The van der Waals surface area contributed by atoms with Crippen LogP contribution >= 0.6 is 0 Å². The van der Waals surface area contributed by atoms with Crippen molar-refractivity contribution in [2.75, 3.05) is 30.0 Å². The summed E-state index contributed by atoms with van der Waals surface area (Å²) in [6, 6.07) is 9.19. The Hall–Kier alpha value is -3.48. The average Bonchev–Trinajstić information content (AvgIpc) is 2.83. The molecule has 1 saturated carbocycles. The molecule has 0 bridgehead atoms. The lowest BCUT2D eigenvalue weighted by Gasteiger charge is -2.30. The standard InChI is InChI=1S/C27H31F2N5O2/c1-16-11-21(17(2)32-23-8-7-19(28)13-18(23)14-30)24-22(12-16)27(36)33(3)26(25(24)29)34(15-35)10-9-31-20-5-4-6-20/h7-8,11-13,17,20,31-32,35H,4-6,9-10,15H2,1-3H3/t17-/m1/s1. The van der Waals surface area contributed by atoms with Crippen molar-refractivity contribution in [2.24, 2.45) is 7.05 Å². The van der Waals surface area contributed by atoms with Gasteiger partial charge in [0.25, 0.3) is 5.56 Å². The molecule has 1 fully saturated rings. The zero-order valence-corrected chi connectivity index (χ0v) is 20.7. The third kappa shape index (κ3) is 4.92. The molecule has 3 N–H and O–H groups in total. The van der Waals surface area contributed by atoms with Gasteiger partial charge in [-0.15, -0.1) is 0 Å². The second-order valence-electron chi connectivity index (χ2n) is 9.43. The molecular weight excluding hydrogens is 464 g/mol. The Bertz CT molecular complexity index is 1380. The Kier molecular flexibility index (Phi) is 7.57. The number of hydrogen-bond donors (Lipinski definition) is 3. The van der Waals surface area contributed by atoms with Gasteiger partial charge >= 0.3 is 0 Å². The van der Waals surface area contributed by atoms with E-state index in [4.69, 9.17) is 0 Å². The lowest BCUT2D eigenvalue weighted by molar-refractivity contribution is 0.281. The molecule has 7 nitrogen and oxygen atoms in total. The third-order valence-electron chi connectivity index (χ3n) is 6.91. The van der Waals surface area contributed by atoms with E-state index in [0.717, 1.165) is 24.5 Å². The summed E-state index contributed by atoms with van der Waals surface area (Å²) in [5.41, 5.74) is 1.47. The van der Waals surface area contributed by atoms with Crippen LogP contribution in [0.2, 0.25) is 0 Å². The highest BCUT2D eigenvalue weighted by molar-refractivity contribution is 5.89. The molecule has 1 aliphatic rings. The molecule has 3 aromatic rings. The van der Waals surface area contributed by atoms with Crippen LogP contribution in [-0.4, -0.2) is 35.5 Å². The van der Waals surface area contributed by atoms with Crippen molar-refractivity contribution in [2.45, 2.75) is 45.2 Å². The van der Waals surface area contributed by atoms with Crippen molar-refractivity contribution in [3.63, 3.8) is 0 Å². The fraction of sp³-hybridized carbons (Fsp3) is 0.407. The summed E-state index contributed by atoms with van der Waals surface area (Å²) >= 11 is 0. The predicted molar refractivity (Wildman–Crippen MR) is 137 cm³/mol. The minimum atomic E-state index is -0.604. The monoisotopic (exact) mass is 495 g/mol. The lowest BCUT2D eigenvalue weighted by atomic mass is 9.93. The molecule has 190 valence electrons. The highest BCUT2D eigenvalue weighted by Crippen LogP contribution is 2.33. The van der Waals surface area contributed by atoms with Gasteiger partial charge in [-0.2, -0.15) is 5.26 Å². The summed E-state index contributed by atoms with van der Waals surface area (Å²) in [4.78, 5) is 14.8. The van der Waals surface area contributed by atoms with Crippen LogP contribution in [0.4, 0.5) is 20.3 Å². The first-order valence-electron chi connectivity index (χ1n) is 12.1. The quantitative estimate of drug-likeness (QED) is 0.388. The van der Waals surface area contributed by atoms with Gasteiger partial charge in [0.15, 0.2) is 5.82 Å². The summed E-state index contributed by atoms with van der Waals surface area (Å²) in [6.45, 7) is 4.06. The number of rotatable bonds is 9. The molecule has 0 radical (unpaired) electrons. The second-order valence-corrected chi connectivity index (χ2v) is 9.43. The van der Waals surface area contributed by atoms with Crippen molar-refractivity contribution in [1.29, 1.82) is 5.26 Å². The number of halogens is 2. The van der Waals surface area contributed by atoms with E-state index in [1.807, 2.05) is 13.0 Å². The van der Waals surface area contributed by atoms with Crippen LogP contribution in [0.1, 0.15) is 48.9 Å². The van der Waals surface area contributed by atoms with Gasteiger partial charge in [0.1, 0.15) is 24.4 Å². The maximum Gasteiger partial charge on any atom is 0.259 e. The molecule has 0 unspecified atom stereocenters. The average molecular weight is 496 g/mol. The van der Waals surface area contributed by atoms with Gasteiger partial charge in [0.05, 0.1) is 16.6 Å². The van der Waals surface area contributed by atoms with Crippen LogP contribution in [-0.2, 0) is 7.05 Å². The number of aliphatic hydroxyl groups is 1. The molecular formula is C27H31F2N5O2. The van der Waals surface area contributed by atoms with Gasteiger partial charge in [-0.05, 0) is 62.1 Å². The topological polar surface area (TPSA) is 93.3 Å². The molecule has 0 aliphatic heterocycles. The van der Waals surface area contributed by atoms with Crippen molar-refractivity contribution in [3.8, 4) is 6.07 Å². The van der Waals surface area contributed by atoms with Gasteiger partial charge in [0.2, 0.25) is 0 Å². The number of nitriles is 1. The van der Waals surface area contributed by atoms with E-state index in [0.29, 0.717) is 30.4 Å². The summed E-state index contributed by atoms with van der Waals surface area (Å²) in [6.07, 6.45) is 3.41. The predicted octanol–water partition coefficient (Wildman–Crippen LogP) is 4.07. The van der Waals surface area contributed by atoms with Crippen molar-refractivity contribution >= 4 is 22.3 Å². The van der Waals surface area contributed by atoms with Crippen LogP contribution in [0.15, 0.2) is 35.1 Å². The molecule has 1 atom stereocenters. The number of aliphatic hydroxyl groups excluding tert-OH is 1. The van der Waals surface area contributed by atoms with E-state index in [1.54, 1.807) is 19.1 Å². The third-order valence-corrected chi connectivity index (χ3v) is 6.91. The molecule has 0 spiro atoms. The van der Waals surface area contributed by atoms with Crippen molar-refractivity contribution in [1.82, 2.24) is 9.88 Å². The van der Waals surface area contributed by atoms with E-state index in [2.05, 4.69) is 10.6 Å². The lowest BCUT2D eigenvalue weighted by Crippen LogP contribution is -2.42. The highest BCUT2D eigenvalue weighted by atomic mass is 19.1.